The lowest BCUT2D eigenvalue weighted by Crippen LogP contribution is -2.30. The number of esters is 4. The second-order valence-electron chi connectivity index (χ2n) is 25.6. The van der Waals surface area contributed by atoms with Gasteiger partial charge in [0.2, 0.25) is 0 Å². The molecule has 5 unspecified atom stereocenters. The first-order chi connectivity index (χ1) is 48.7. The number of hydrogen-bond acceptors (Lipinski definition) is 15. The maximum atomic E-state index is 13.1. The Bertz CT molecular complexity index is 2370. The number of carbonyl (C=O) groups is 4. The number of phosphoric ester groups is 2. The van der Waals surface area contributed by atoms with E-state index in [1.54, 1.807) is 0 Å². The molecular weight excluding hydrogens is 1310 g/mol. The van der Waals surface area contributed by atoms with E-state index in [9.17, 15) is 43.2 Å². The fourth-order valence-corrected chi connectivity index (χ4v) is 11.5. The van der Waals surface area contributed by atoms with Crippen LogP contribution in [0, 0.1) is 0 Å². The molecule has 0 rings (SSSR count). The van der Waals surface area contributed by atoms with Gasteiger partial charge in [0.15, 0.2) is 12.2 Å². The minimum Gasteiger partial charge on any atom is -0.462 e. The third-order valence-corrected chi connectivity index (χ3v) is 17.8. The highest BCUT2D eigenvalue weighted by atomic mass is 31.2. The minimum atomic E-state index is -5.00. The maximum Gasteiger partial charge on any atom is 0.472 e. The summed E-state index contributed by atoms with van der Waals surface area (Å²) >= 11 is 0. The zero-order chi connectivity index (χ0) is 73.2. The summed E-state index contributed by atoms with van der Waals surface area (Å²) in [5.74, 6) is -2.30. The molecule has 0 saturated heterocycles. The molecule has 5 atom stereocenters. The van der Waals surface area contributed by atoms with Gasteiger partial charge in [0.1, 0.15) is 19.3 Å². The smallest absolute Gasteiger partial charge is 0.462 e. The van der Waals surface area contributed by atoms with Crippen molar-refractivity contribution in [3.8, 4) is 0 Å². The minimum absolute atomic E-state index is 0.0308. The van der Waals surface area contributed by atoms with E-state index in [4.69, 9.17) is 37.0 Å². The van der Waals surface area contributed by atoms with Gasteiger partial charge in [0, 0.05) is 25.7 Å². The van der Waals surface area contributed by atoms with Crippen molar-refractivity contribution in [1.82, 2.24) is 0 Å². The first-order valence-electron chi connectivity index (χ1n) is 38.8. The Hall–Kier alpha value is -4.54. The van der Waals surface area contributed by atoms with Gasteiger partial charge in [-0.15, -0.1) is 0 Å². The van der Waals surface area contributed by atoms with Gasteiger partial charge in [-0.05, 0) is 148 Å². The normalized spacial score (nSPS) is 14.6. The molecule has 100 heavy (non-hydrogen) atoms. The Morgan fingerprint density at radius 2 is 0.540 bits per heavy atom. The Labute approximate surface area is 606 Å². The number of allylic oxidation sites excluding steroid dienone is 20. The van der Waals surface area contributed by atoms with Crippen molar-refractivity contribution < 1.29 is 80.2 Å². The Morgan fingerprint density at radius 1 is 0.290 bits per heavy atom. The molecule has 0 saturated carbocycles. The van der Waals surface area contributed by atoms with Crippen LogP contribution in [-0.4, -0.2) is 96.7 Å². The molecule has 0 aromatic heterocycles. The zero-order valence-corrected chi connectivity index (χ0v) is 64.4. The molecule has 17 nitrogen and oxygen atoms in total. The van der Waals surface area contributed by atoms with Crippen LogP contribution in [0.4, 0.5) is 0 Å². The van der Waals surface area contributed by atoms with Crippen molar-refractivity contribution >= 4 is 39.5 Å². The van der Waals surface area contributed by atoms with Crippen LogP contribution >= 0.6 is 15.6 Å². The van der Waals surface area contributed by atoms with Crippen molar-refractivity contribution in [2.45, 2.75) is 329 Å². The predicted molar refractivity (Wildman–Crippen MR) is 408 cm³/mol. The Balaban J connectivity index is 5.43. The fraction of sp³-hybridized carbons (Fsp3) is 0.704. The van der Waals surface area contributed by atoms with Gasteiger partial charge >= 0.3 is 39.5 Å². The monoisotopic (exact) mass is 1440 g/mol. The highest BCUT2D eigenvalue weighted by Crippen LogP contribution is 2.45. The lowest BCUT2D eigenvalue weighted by atomic mass is 10.1. The van der Waals surface area contributed by atoms with E-state index >= 15 is 0 Å². The SMILES string of the molecule is CC/C=C\C/C=C\C/C=C\C/C=C\C/C=C\C/C=C\CCC(=O)OCC(COP(=O)(O)OCC(O)COP(=O)(O)OCC(COC(=O)CCCCCCC/C=C\CCCCCC)OC(=O)CCCCCCC/C=C\CCCCCC)OC(=O)CCCCCCC/C=C\C/C=C\CCCCC. The summed E-state index contributed by atoms with van der Waals surface area (Å²) in [5, 5.41) is 10.6. The van der Waals surface area contributed by atoms with E-state index < -0.39 is 97.5 Å². The Kier molecular flexibility index (Phi) is 69.5. The highest BCUT2D eigenvalue weighted by molar-refractivity contribution is 7.47. The average molecular weight is 1450 g/mol. The van der Waals surface area contributed by atoms with Gasteiger partial charge in [-0.2, -0.15) is 0 Å². The zero-order valence-electron chi connectivity index (χ0n) is 62.6. The standard InChI is InChI=1S/C81H138O17P2/c1-5-9-13-17-21-25-29-33-35-36-37-38-40-43-46-50-54-58-62-66-79(84)92-72-77(98-81(86)68-64-60-56-52-48-44-39-34-30-26-22-18-14-10-6-2)74-96-100(89,90)94-70-75(82)69-93-99(87,88)95-73-76(97-80(85)67-63-59-55-51-47-42-32-28-24-20-16-12-8-4)71-91-78(83)65-61-57-53-49-45-41-31-27-23-19-15-11-7-3/h9,13,21-22,25-28,31-35,37-39,43,46,54,58,75-77,82H,5-8,10-12,14-20,23-24,29-30,36,40-42,44-45,47-53,55-57,59-74H2,1-4H3,(H,87,88)(H,89,90)/b13-9-,25-21-,26-22-,31-27-,32-28-,35-33-,38-37-,39-34-,46-43-,58-54-. The number of carbonyl (C=O) groups excluding carboxylic acids is 4. The first-order valence-corrected chi connectivity index (χ1v) is 41.8. The molecule has 0 radical (unpaired) electrons. The molecule has 0 amide bonds. The highest BCUT2D eigenvalue weighted by Gasteiger charge is 2.30. The van der Waals surface area contributed by atoms with E-state index in [1.807, 2.05) is 18.2 Å². The van der Waals surface area contributed by atoms with Crippen LogP contribution in [-0.2, 0) is 65.4 Å². The van der Waals surface area contributed by atoms with Crippen LogP contribution in [0.1, 0.15) is 310 Å². The second-order valence-corrected chi connectivity index (χ2v) is 28.5. The summed E-state index contributed by atoms with van der Waals surface area (Å²) in [7, 11) is -9.98. The van der Waals surface area contributed by atoms with Crippen molar-refractivity contribution in [2.75, 3.05) is 39.6 Å². The van der Waals surface area contributed by atoms with E-state index in [2.05, 4.69) is 131 Å². The number of rotatable bonds is 72. The molecule has 0 aliphatic carbocycles. The van der Waals surface area contributed by atoms with Crippen LogP contribution in [0.3, 0.4) is 0 Å². The second kappa shape index (κ2) is 72.8. The fourth-order valence-electron chi connectivity index (χ4n) is 9.97. The molecule has 0 aliphatic rings. The largest absolute Gasteiger partial charge is 0.472 e. The van der Waals surface area contributed by atoms with Gasteiger partial charge in [0.25, 0.3) is 0 Å². The molecule has 0 aromatic rings. The number of phosphoric acid groups is 2. The van der Waals surface area contributed by atoms with Crippen LogP contribution in [0.15, 0.2) is 122 Å². The molecule has 3 N–H and O–H groups in total. The topological polar surface area (TPSA) is 237 Å². The third-order valence-electron chi connectivity index (χ3n) is 15.9. The lowest BCUT2D eigenvalue weighted by molar-refractivity contribution is -0.161. The van der Waals surface area contributed by atoms with E-state index in [1.165, 1.54) is 70.6 Å². The number of unbranched alkanes of at least 4 members (excludes halogenated alkanes) is 26. The molecule has 574 valence electrons. The number of hydrogen-bond donors (Lipinski definition) is 3. The summed E-state index contributed by atoms with van der Waals surface area (Å²) < 4.78 is 68.4. The number of aliphatic hydroxyl groups excluding tert-OH is 1. The van der Waals surface area contributed by atoms with Crippen LogP contribution in [0.5, 0.6) is 0 Å². The van der Waals surface area contributed by atoms with E-state index in [0.717, 1.165) is 154 Å². The van der Waals surface area contributed by atoms with Crippen molar-refractivity contribution in [3.63, 3.8) is 0 Å². The third kappa shape index (κ3) is 71.8. The summed E-state index contributed by atoms with van der Waals surface area (Å²) in [6, 6.07) is 0. The van der Waals surface area contributed by atoms with Gasteiger partial charge in [-0.1, -0.05) is 258 Å². The van der Waals surface area contributed by atoms with Gasteiger partial charge < -0.3 is 33.8 Å². The quantitative estimate of drug-likeness (QED) is 0.0169. The van der Waals surface area contributed by atoms with Crippen LogP contribution < -0.4 is 0 Å². The lowest BCUT2D eigenvalue weighted by Gasteiger charge is -2.21. The first kappa shape index (κ1) is 95.5. The molecule has 0 aliphatic heterocycles. The molecule has 0 spiro atoms. The van der Waals surface area contributed by atoms with Gasteiger partial charge in [-0.3, -0.25) is 37.3 Å². The molecule has 0 aromatic carbocycles. The van der Waals surface area contributed by atoms with Crippen molar-refractivity contribution in [2.24, 2.45) is 0 Å². The van der Waals surface area contributed by atoms with E-state index in [-0.39, 0.29) is 25.7 Å². The molecule has 0 bridgehead atoms. The summed E-state index contributed by atoms with van der Waals surface area (Å²) in [5.41, 5.74) is 0. The van der Waals surface area contributed by atoms with Crippen molar-refractivity contribution in [1.29, 1.82) is 0 Å². The maximum absolute atomic E-state index is 13.1. The summed E-state index contributed by atoms with van der Waals surface area (Å²) in [6.07, 6.45) is 79.1. The molecule has 0 heterocycles. The van der Waals surface area contributed by atoms with Gasteiger partial charge in [-0.25, -0.2) is 9.13 Å². The van der Waals surface area contributed by atoms with Gasteiger partial charge in [0.05, 0.1) is 26.4 Å². The predicted octanol–water partition coefficient (Wildman–Crippen LogP) is 22.3. The molecule has 0 fully saturated rings. The summed E-state index contributed by atoms with van der Waals surface area (Å²) in [4.78, 5) is 72.8. The number of ether oxygens (including phenoxy) is 4. The average Bonchev–Trinajstić information content (AvgIpc) is 0.946. The summed E-state index contributed by atoms with van der Waals surface area (Å²) in [6.45, 7) is 4.59. The number of aliphatic hydroxyl groups is 1. The van der Waals surface area contributed by atoms with Crippen LogP contribution in [0.2, 0.25) is 0 Å². The van der Waals surface area contributed by atoms with E-state index in [0.29, 0.717) is 32.1 Å². The molecular formula is C81H138O17P2. The Morgan fingerprint density at radius 3 is 0.890 bits per heavy atom. The van der Waals surface area contributed by atoms with Crippen LogP contribution in [0.25, 0.3) is 0 Å². The molecule has 19 heteroatoms. The van der Waals surface area contributed by atoms with Crippen molar-refractivity contribution in [3.05, 3.63) is 122 Å².